The lowest BCUT2D eigenvalue weighted by molar-refractivity contribution is -0.118. The van der Waals surface area contributed by atoms with E-state index < -0.39 is 17.5 Å². The average Bonchev–Trinajstić information content (AvgIpc) is 3.57. The molecule has 4 aromatic rings. The maximum absolute atomic E-state index is 15.0. The number of primary amides is 1. The monoisotopic (exact) mass is 508 g/mol. The summed E-state index contributed by atoms with van der Waals surface area (Å²) in [5.74, 6) is -1.73. The van der Waals surface area contributed by atoms with Gasteiger partial charge in [0.2, 0.25) is 5.91 Å². The number of halogens is 2. The number of ether oxygens (including phenoxy) is 1. The lowest BCUT2D eigenvalue weighted by Crippen LogP contribution is -2.21. The van der Waals surface area contributed by atoms with Gasteiger partial charge >= 0.3 is 0 Å². The van der Waals surface area contributed by atoms with Crippen molar-refractivity contribution in [1.82, 2.24) is 29.9 Å². The highest BCUT2D eigenvalue weighted by molar-refractivity contribution is 5.94. The molecule has 1 aliphatic rings. The molecule has 2 N–H and O–H groups in total. The van der Waals surface area contributed by atoms with Gasteiger partial charge in [-0.25, -0.2) is 23.4 Å². The van der Waals surface area contributed by atoms with Crippen LogP contribution in [0, 0.1) is 11.6 Å². The van der Waals surface area contributed by atoms with Crippen LogP contribution in [0.2, 0.25) is 0 Å². The van der Waals surface area contributed by atoms with E-state index in [2.05, 4.69) is 25.2 Å². The highest BCUT2D eigenvalue weighted by Gasteiger charge is 2.24. The van der Waals surface area contributed by atoms with Crippen LogP contribution in [0.15, 0.2) is 48.9 Å². The van der Waals surface area contributed by atoms with Gasteiger partial charge in [0, 0.05) is 18.0 Å². The molecule has 0 saturated carbocycles. The van der Waals surface area contributed by atoms with Crippen molar-refractivity contribution in [3.05, 3.63) is 60.6 Å². The van der Waals surface area contributed by atoms with Crippen LogP contribution >= 0.6 is 0 Å². The number of anilines is 3. The topological polar surface area (TPSA) is 115 Å². The smallest absolute Gasteiger partial charge is 0.239 e. The first kappa shape index (κ1) is 24.5. The lowest BCUT2D eigenvalue weighted by atomic mass is 10.2. The van der Waals surface area contributed by atoms with Gasteiger partial charge in [0.25, 0.3) is 0 Å². The summed E-state index contributed by atoms with van der Waals surface area (Å²) in [6.07, 6.45) is 6.16. The van der Waals surface area contributed by atoms with Crippen molar-refractivity contribution in [2.24, 2.45) is 5.73 Å². The second kappa shape index (κ2) is 10.8. The highest BCUT2D eigenvalue weighted by Crippen LogP contribution is 2.38. The fourth-order valence-corrected chi connectivity index (χ4v) is 4.41. The third-order valence-electron chi connectivity index (χ3n) is 6.13. The molecule has 10 nitrogen and oxygen atoms in total. The summed E-state index contributed by atoms with van der Waals surface area (Å²) in [4.78, 5) is 23.8. The molecule has 1 amide bonds. The van der Waals surface area contributed by atoms with Gasteiger partial charge < -0.3 is 15.4 Å². The van der Waals surface area contributed by atoms with Crippen molar-refractivity contribution in [2.75, 3.05) is 31.1 Å². The van der Waals surface area contributed by atoms with Crippen LogP contribution in [-0.2, 0) is 11.3 Å². The predicted molar refractivity (Wildman–Crippen MR) is 133 cm³/mol. The molecule has 192 valence electrons. The number of aromatic nitrogens is 5. The molecule has 0 spiro atoms. The lowest BCUT2D eigenvalue weighted by Gasteiger charge is -2.23. The van der Waals surface area contributed by atoms with Crippen LogP contribution in [0.3, 0.4) is 0 Å². The van der Waals surface area contributed by atoms with Crippen molar-refractivity contribution < 1.29 is 18.3 Å². The minimum Gasteiger partial charge on any atom is -0.493 e. The van der Waals surface area contributed by atoms with Crippen LogP contribution in [0.25, 0.3) is 10.9 Å². The van der Waals surface area contributed by atoms with Crippen molar-refractivity contribution in [3.8, 4) is 5.75 Å². The van der Waals surface area contributed by atoms with E-state index in [0.29, 0.717) is 23.3 Å². The second-order valence-corrected chi connectivity index (χ2v) is 8.78. The first-order valence-electron chi connectivity index (χ1n) is 12.0. The summed E-state index contributed by atoms with van der Waals surface area (Å²) in [6, 6.07) is 9.13. The van der Waals surface area contributed by atoms with E-state index in [-0.39, 0.29) is 23.9 Å². The molecular formula is C25H26F2N8O2. The zero-order valence-corrected chi connectivity index (χ0v) is 20.1. The highest BCUT2D eigenvalue weighted by atomic mass is 19.2. The average molecular weight is 509 g/mol. The van der Waals surface area contributed by atoms with Gasteiger partial charge in [0.1, 0.15) is 24.4 Å². The number of hydrogen-bond donors (Lipinski definition) is 1. The summed E-state index contributed by atoms with van der Waals surface area (Å²) in [7, 11) is 0. The summed E-state index contributed by atoms with van der Waals surface area (Å²) >= 11 is 0. The van der Waals surface area contributed by atoms with Gasteiger partial charge in [0.15, 0.2) is 17.5 Å². The van der Waals surface area contributed by atoms with Gasteiger partial charge in [-0.1, -0.05) is 11.3 Å². The maximum Gasteiger partial charge on any atom is 0.239 e. The van der Waals surface area contributed by atoms with Gasteiger partial charge in [-0.2, -0.15) is 0 Å². The third kappa shape index (κ3) is 5.48. The Morgan fingerprint density at radius 1 is 1.14 bits per heavy atom. The Hall–Kier alpha value is -4.19. The van der Waals surface area contributed by atoms with Crippen molar-refractivity contribution in [3.63, 3.8) is 0 Å². The summed E-state index contributed by atoms with van der Waals surface area (Å²) in [6.45, 7) is 3.65. The van der Waals surface area contributed by atoms with E-state index in [0.717, 1.165) is 32.1 Å². The SMILES string of the molecule is NC(=O)Cn1cc(N(c2cccc(F)c2F)c2ncnc3cc(OCCCN4CCCC4)ccc23)nn1. The number of hydrogen-bond acceptors (Lipinski definition) is 8. The van der Waals surface area contributed by atoms with Crippen molar-refractivity contribution in [2.45, 2.75) is 25.8 Å². The maximum atomic E-state index is 15.0. The van der Waals surface area contributed by atoms with Gasteiger partial charge in [-0.05, 0) is 56.6 Å². The fourth-order valence-electron chi connectivity index (χ4n) is 4.41. The van der Waals surface area contributed by atoms with Crippen LogP contribution < -0.4 is 15.4 Å². The number of carbonyl (C=O) groups is 1. The van der Waals surface area contributed by atoms with Crippen molar-refractivity contribution >= 4 is 34.1 Å². The Balaban J connectivity index is 1.46. The molecule has 37 heavy (non-hydrogen) atoms. The number of carbonyl (C=O) groups excluding carboxylic acids is 1. The molecular weight excluding hydrogens is 482 g/mol. The normalized spacial score (nSPS) is 13.8. The first-order valence-corrected chi connectivity index (χ1v) is 12.0. The standard InChI is InChI=1S/C25H26F2N8O2/c26-19-5-3-6-21(24(19)27)35(23-15-34(32-31-23)14-22(28)36)25-18-8-7-17(13-20(18)29-16-30-25)37-12-4-11-33-9-1-2-10-33/h3,5-8,13,15-16H,1-2,4,9-12,14H2,(H2,28,36). The van der Waals surface area contributed by atoms with Crippen molar-refractivity contribution in [1.29, 1.82) is 0 Å². The quantitative estimate of drug-likeness (QED) is 0.325. The summed E-state index contributed by atoms with van der Waals surface area (Å²) in [5, 5.41) is 8.49. The van der Waals surface area contributed by atoms with Crippen LogP contribution in [0.4, 0.5) is 26.1 Å². The van der Waals surface area contributed by atoms with Gasteiger partial charge in [-0.15, -0.1) is 5.10 Å². The molecule has 2 aromatic heterocycles. The molecule has 1 aliphatic heterocycles. The third-order valence-corrected chi connectivity index (χ3v) is 6.13. The molecule has 12 heteroatoms. The van der Waals surface area contributed by atoms with E-state index in [1.807, 2.05) is 0 Å². The van der Waals surface area contributed by atoms with E-state index in [9.17, 15) is 13.6 Å². The molecule has 3 heterocycles. The zero-order valence-electron chi connectivity index (χ0n) is 20.1. The first-order chi connectivity index (χ1) is 18.0. The van der Waals surface area contributed by atoms with Crippen LogP contribution in [0.1, 0.15) is 19.3 Å². The number of rotatable bonds is 10. The number of nitrogens with two attached hydrogens (primary N) is 1. The molecule has 0 unspecified atom stereocenters. The minimum absolute atomic E-state index is 0.119. The molecule has 0 aliphatic carbocycles. The molecule has 1 saturated heterocycles. The van der Waals surface area contributed by atoms with Gasteiger partial charge in [-0.3, -0.25) is 9.69 Å². The minimum atomic E-state index is -1.09. The van der Waals surface area contributed by atoms with Crippen LogP contribution in [-0.4, -0.2) is 62.0 Å². The number of benzene rings is 2. The number of likely N-dealkylation sites (tertiary alicyclic amines) is 1. The zero-order chi connectivity index (χ0) is 25.8. The molecule has 5 rings (SSSR count). The molecule has 1 fully saturated rings. The second-order valence-electron chi connectivity index (χ2n) is 8.78. The molecule has 2 aromatic carbocycles. The Morgan fingerprint density at radius 2 is 1.97 bits per heavy atom. The number of amides is 1. The number of fused-ring (bicyclic) bond motifs is 1. The van der Waals surface area contributed by atoms with E-state index in [4.69, 9.17) is 10.5 Å². The number of nitrogens with zero attached hydrogens (tertiary/aromatic N) is 7. The fraction of sp³-hybridized carbons (Fsp3) is 0.320. The summed E-state index contributed by atoms with van der Waals surface area (Å²) in [5.41, 5.74) is 5.67. The molecule has 0 bridgehead atoms. The van der Waals surface area contributed by atoms with Gasteiger partial charge in [0.05, 0.1) is 24.0 Å². The Bertz CT molecular complexity index is 1410. The Morgan fingerprint density at radius 3 is 2.78 bits per heavy atom. The van der Waals surface area contributed by atoms with E-state index in [1.165, 1.54) is 47.1 Å². The molecule has 0 atom stereocenters. The van der Waals surface area contributed by atoms with E-state index >= 15 is 0 Å². The molecule has 0 radical (unpaired) electrons. The van der Waals surface area contributed by atoms with Crippen LogP contribution in [0.5, 0.6) is 5.75 Å². The largest absolute Gasteiger partial charge is 0.493 e. The predicted octanol–water partition coefficient (Wildman–Crippen LogP) is 3.32. The Kier molecular flexibility index (Phi) is 7.17. The Labute approximate surface area is 211 Å². The van der Waals surface area contributed by atoms with E-state index in [1.54, 1.807) is 18.2 Å². The summed E-state index contributed by atoms with van der Waals surface area (Å²) < 4.78 is 36.3.